The Morgan fingerprint density at radius 2 is 2.14 bits per heavy atom. The molecule has 1 aliphatic heterocycles. The topological polar surface area (TPSA) is 53.7 Å². The van der Waals surface area contributed by atoms with Crippen molar-refractivity contribution in [3.8, 4) is 5.75 Å². The summed E-state index contributed by atoms with van der Waals surface area (Å²) in [5, 5.41) is 10.9. The van der Waals surface area contributed by atoms with E-state index in [0.29, 0.717) is 11.5 Å². The molecular weight excluding hydrogens is 278 g/mol. The fourth-order valence-corrected chi connectivity index (χ4v) is 3.39. The number of phenolic OH excluding ortho intramolecular Hbond substituents is 1. The Balaban J connectivity index is 2.02. The molecule has 0 radical (unpaired) electrons. The summed E-state index contributed by atoms with van der Waals surface area (Å²) in [7, 11) is 0. The molecule has 22 heavy (non-hydrogen) atoms. The fourth-order valence-electron chi connectivity index (χ4n) is 3.39. The monoisotopic (exact) mass is 301 g/mol. The standard InChI is InChI=1S/C18H23NO3/c1-3-13-7-15-14(11-19-6-4-5-12(2)10-19)8-18(21)22-17(15)9-16(13)20/h7-9,12,20H,3-6,10-11H2,1-2H3. The van der Waals surface area contributed by atoms with E-state index in [9.17, 15) is 9.90 Å². The third-order valence-corrected chi connectivity index (χ3v) is 4.55. The molecule has 1 unspecified atom stereocenters. The maximum atomic E-state index is 11.8. The molecule has 1 atom stereocenters. The minimum Gasteiger partial charge on any atom is -0.508 e. The summed E-state index contributed by atoms with van der Waals surface area (Å²) in [6.45, 7) is 7.19. The maximum Gasteiger partial charge on any atom is 0.336 e. The number of aromatic hydroxyl groups is 1. The second-order valence-corrected chi connectivity index (χ2v) is 6.40. The van der Waals surface area contributed by atoms with Gasteiger partial charge in [0, 0.05) is 30.6 Å². The van der Waals surface area contributed by atoms with Crippen LogP contribution in [-0.2, 0) is 13.0 Å². The van der Waals surface area contributed by atoms with Gasteiger partial charge in [-0.2, -0.15) is 0 Å². The normalized spacial score (nSPS) is 19.6. The molecule has 3 rings (SSSR count). The molecule has 118 valence electrons. The molecule has 2 aromatic rings. The number of piperidine rings is 1. The van der Waals surface area contributed by atoms with Gasteiger partial charge in [-0.1, -0.05) is 13.8 Å². The Labute approximate surface area is 130 Å². The number of likely N-dealkylation sites (tertiary alicyclic amines) is 1. The van der Waals surface area contributed by atoms with E-state index in [-0.39, 0.29) is 11.4 Å². The minimum atomic E-state index is -0.351. The highest BCUT2D eigenvalue weighted by Gasteiger charge is 2.18. The average Bonchev–Trinajstić information content (AvgIpc) is 2.46. The van der Waals surface area contributed by atoms with Gasteiger partial charge in [0.15, 0.2) is 0 Å². The van der Waals surface area contributed by atoms with E-state index >= 15 is 0 Å². The first-order chi connectivity index (χ1) is 10.6. The molecule has 2 heterocycles. The number of aryl methyl sites for hydroxylation is 1. The first-order valence-corrected chi connectivity index (χ1v) is 8.07. The number of fused-ring (bicyclic) bond motifs is 1. The quantitative estimate of drug-likeness (QED) is 0.884. The van der Waals surface area contributed by atoms with E-state index < -0.39 is 0 Å². The number of nitrogens with zero attached hydrogens (tertiary/aromatic N) is 1. The Morgan fingerprint density at radius 3 is 2.86 bits per heavy atom. The fraction of sp³-hybridized carbons (Fsp3) is 0.500. The lowest BCUT2D eigenvalue weighted by molar-refractivity contribution is 0.177. The highest BCUT2D eigenvalue weighted by Crippen LogP contribution is 2.28. The van der Waals surface area contributed by atoms with E-state index in [2.05, 4.69) is 11.8 Å². The van der Waals surface area contributed by atoms with Gasteiger partial charge in [0.2, 0.25) is 0 Å². The molecule has 0 spiro atoms. The molecule has 1 N–H and O–H groups in total. The number of rotatable bonds is 3. The van der Waals surface area contributed by atoms with E-state index in [1.54, 1.807) is 12.1 Å². The molecule has 4 nitrogen and oxygen atoms in total. The van der Waals surface area contributed by atoms with Crippen molar-refractivity contribution < 1.29 is 9.52 Å². The average molecular weight is 301 g/mol. The van der Waals surface area contributed by atoms with Crippen molar-refractivity contribution in [2.24, 2.45) is 5.92 Å². The van der Waals surface area contributed by atoms with Crippen LogP contribution in [0.5, 0.6) is 5.75 Å². The number of benzene rings is 1. The van der Waals surface area contributed by atoms with Crippen LogP contribution in [0.4, 0.5) is 0 Å². The van der Waals surface area contributed by atoms with Crippen molar-refractivity contribution in [3.63, 3.8) is 0 Å². The van der Waals surface area contributed by atoms with Gasteiger partial charge in [-0.15, -0.1) is 0 Å². The molecule has 0 saturated carbocycles. The van der Waals surface area contributed by atoms with E-state index in [0.717, 1.165) is 42.6 Å². The first kappa shape index (κ1) is 15.1. The summed E-state index contributed by atoms with van der Waals surface area (Å²) in [6, 6.07) is 5.12. The summed E-state index contributed by atoms with van der Waals surface area (Å²) in [5.41, 5.74) is 2.00. The largest absolute Gasteiger partial charge is 0.508 e. The Morgan fingerprint density at radius 1 is 1.32 bits per heavy atom. The van der Waals surface area contributed by atoms with Gasteiger partial charge in [0.25, 0.3) is 0 Å². The van der Waals surface area contributed by atoms with Crippen LogP contribution < -0.4 is 5.63 Å². The molecule has 4 heteroatoms. The zero-order valence-electron chi connectivity index (χ0n) is 13.3. The van der Waals surface area contributed by atoms with Crippen LogP contribution in [0.25, 0.3) is 11.0 Å². The van der Waals surface area contributed by atoms with Crippen molar-refractivity contribution >= 4 is 11.0 Å². The third-order valence-electron chi connectivity index (χ3n) is 4.55. The maximum absolute atomic E-state index is 11.8. The van der Waals surface area contributed by atoms with Crippen LogP contribution in [0.15, 0.2) is 27.4 Å². The van der Waals surface area contributed by atoms with Crippen LogP contribution in [-0.4, -0.2) is 23.1 Å². The van der Waals surface area contributed by atoms with Crippen molar-refractivity contribution in [1.82, 2.24) is 4.90 Å². The predicted molar refractivity (Wildman–Crippen MR) is 87.2 cm³/mol. The van der Waals surface area contributed by atoms with E-state index in [1.165, 1.54) is 12.8 Å². The molecular formula is C18H23NO3. The number of phenols is 1. The molecule has 0 amide bonds. The van der Waals surface area contributed by atoms with Crippen LogP contribution >= 0.6 is 0 Å². The zero-order chi connectivity index (χ0) is 15.7. The molecule has 0 aliphatic carbocycles. The van der Waals surface area contributed by atoms with Crippen LogP contribution in [0.1, 0.15) is 37.8 Å². The SMILES string of the molecule is CCc1cc2c(CN3CCCC(C)C3)cc(=O)oc2cc1O. The first-order valence-electron chi connectivity index (χ1n) is 8.07. The van der Waals surface area contributed by atoms with E-state index in [4.69, 9.17) is 4.42 Å². The lowest BCUT2D eigenvalue weighted by atomic mass is 9.99. The molecule has 1 aliphatic rings. The number of hydrogen-bond donors (Lipinski definition) is 1. The van der Waals surface area contributed by atoms with Crippen LogP contribution in [0.3, 0.4) is 0 Å². The zero-order valence-corrected chi connectivity index (χ0v) is 13.3. The third kappa shape index (κ3) is 3.02. The van der Waals surface area contributed by atoms with Crippen LogP contribution in [0.2, 0.25) is 0 Å². The van der Waals surface area contributed by atoms with Gasteiger partial charge >= 0.3 is 5.63 Å². The van der Waals surface area contributed by atoms with Crippen molar-refractivity contribution in [1.29, 1.82) is 0 Å². The minimum absolute atomic E-state index is 0.196. The smallest absolute Gasteiger partial charge is 0.336 e. The summed E-state index contributed by atoms with van der Waals surface area (Å²) in [6.07, 6.45) is 3.24. The lowest BCUT2D eigenvalue weighted by Gasteiger charge is -2.31. The summed E-state index contributed by atoms with van der Waals surface area (Å²) < 4.78 is 5.26. The predicted octanol–water partition coefficient (Wildman–Crippen LogP) is 3.29. The Bertz CT molecular complexity index is 735. The van der Waals surface area contributed by atoms with Crippen LogP contribution in [0, 0.1) is 5.92 Å². The summed E-state index contributed by atoms with van der Waals surface area (Å²) in [4.78, 5) is 14.2. The van der Waals surface area contributed by atoms with Crippen molar-refractivity contribution in [2.45, 2.75) is 39.7 Å². The molecule has 1 aromatic carbocycles. The van der Waals surface area contributed by atoms with Gasteiger partial charge in [-0.3, -0.25) is 4.90 Å². The number of hydrogen-bond acceptors (Lipinski definition) is 4. The van der Waals surface area contributed by atoms with Gasteiger partial charge in [0.1, 0.15) is 11.3 Å². The highest BCUT2D eigenvalue weighted by atomic mass is 16.4. The van der Waals surface area contributed by atoms with Gasteiger partial charge < -0.3 is 9.52 Å². The second-order valence-electron chi connectivity index (χ2n) is 6.40. The lowest BCUT2D eigenvalue weighted by Crippen LogP contribution is -2.34. The van der Waals surface area contributed by atoms with Gasteiger partial charge in [-0.25, -0.2) is 4.79 Å². The Kier molecular flexibility index (Phi) is 4.21. The molecule has 0 bridgehead atoms. The van der Waals surface area contributed by atoms with Crippen molar-refractivity contribution in [3.05, 3.63) is 39.7 Å². The molecule has 1 fully saturated rings. The Hall–Kier alpha value is -1.81. The van der Waals surface area contributed by atoms with Gasteiger partial charge in [-0.05, 0) is 48.9 Å². The summed E-state index contributed by atoms with van der Waals surface area (Å²) >= 11 is 0. The van der Waals surface area contributed by atoms with Gasteiger partial charge in [0.05, 0.1) is 0 Å². The van der Waals surface area contributed by atoms with Crippen molar-refractivity contribution in [2.75, 3.05) is 13.1 Å². The molecule has 1 saturated heterocycles. The summed E-state index contributed by atoms with van der Waals surface area (Å²) in [5.74, 6) is 0.900. The highest BCUT2D eigenvalue weighted by molar-refractivity contribution is 5.82. The van der Waals surface area contributed by atoms with E-state index in [1.807, 2.05) is 13.0 Å². The second kappa shape index (κ2) is 6.13. The molecule has 1 aromatic heterocycles.